The van der Waals surface area contributed by atoms with Gasteiger partial charge in [-0.2, -0.15) is 0 Å². The molecule has 0 bridgehead atoms. The van der Waals surface area contributed by atoms with E-state index < -0.39 is 18.5 Å². The number of carbonyl (C=O) groups excluding carboxylic acids is 1. The minimum Gasteiger partial charge on any atom is -0.357 e. The van der Waals surface area contributed by atoms with Gasteiger partial charge in [-0.15, -0.1) is 0 Å². The lowest BCUT2D eigenvalue weighted by molar-refractivity contribution is -0.122. The molecule has 5 nitrogen and oxygen atoms in total. The molecular weight excluding hydrogens is 282 g/mol. The van der Waals surface area contributed by atoms with Gasteiger partial charge in [-0.05, 0) is 0 Å². The third kappa shape index (κ3) is 3.44. The van der Waals surface area contributed by atoms with Crippen LogP contribution in [0.15, 0.2) is 60.7 Å². The fourth-order valence-corrected chi connectivity index (χ4v) is 2.37. The van der Waals surface area contributed by atoms with Crippen LogP contribution in [0.1, 0.15) is 23.6 Å². The van der Waals surface area contributed by atoms with Crippen molar-refractivity contribution < 1.29 is 19.4 Å². The number of nitrogens with zero attached hydrogens (tertiary/aromatic N) is 1. The second kappa shape index (κ2) is 7.59. The molecule has 2 aromatic rings. The van der Waals surface area contributed by atoms with E-state index in [1.807, 2.05) is 36.4 Å². The van der Waals surface area contributed by atoms with Gasteiger partial charge in [0.2, 0.25) is 0 Å². The Morgan fingerprint density at radius 2 is 1.18 bits per heavy atom. The predicted octanol–water partition coefficient (Wildman–Crippen LogP) is 3.53. The van der Waals surface area contributed by atoms with E-state index in [2.05, 4.69) is 0 Å². The molecular formula is C17H18NO4. The van der Waals surface area contributed by atoms with E-state index in [0.29, 0.717) is 11.1 Å². The van der Waals surface area contributed by atoms with Crippen molar-refractivity contribution in [3.8, 4) is 0 Å². The van der Waals surface area contributed by atoms with Gasteiger partial charge in [0, 0.05) is 25.3 Å². The molecule has 0 heterocycles. The Balaban J connectivity index is 2.41. The Hall–Kier alpha value is -2.37. The molecule has 5 heteroatoms. The number of hydrogen-bond donors (Lipinski definition) is 0. The SMILES string of the molecule is COC(c1ccccc1)N(C([O])=O)C(OC)c1ccccc1. The van der Waals surface area contributed by atoms with Gasteiger partial charge in [-0.3, -0.25) is 0 Å². The summed E-state index contributed by atoms with van der Waals surface area (Å²) in [7, 11) is 2.90. The Bertz CT molecular complexity index is 541. The second-order valence-corrected chi connectivity index (χ2v) is 4.67. The molecule has 1 radical (unpaired) electrons. The molecule has 0 aromatic heterocycles. The highest BCUT2D eigenvalue weighted by Gasteiger charge is 2.34. The maximum absolute atomic E-state index is 11.7. The molecule has 2 aromatic carbocycles. The topological polar surface area (TPSA) is 58.7 Å². The maximum Gasteiger partial charge on any atom is 0.457 e. The van der Waals surface area contributed by atoms with Gasteiger partial charge in [0.1, 0.15) is 0 Å². The van der Waals surface area contributed by atoms with Gasteiger partial charge in [0.25, 0.3) is 0 Å². The molecule has 0 fully saturated rings. The van der Waals surface area contributed by atoms with Gasteiger partial charge in [-0.25, -0.2) is 14.8 Å². The number of amides is 1. The van der Waals surface area contributed by atoms with Crippen molar-refractivity contribution in [3.63, 3.8) is 0 Å². The Kier molecular flexibility index (Phi) is 5.52. The van der Waals surface area contributed by atoms with Crippen molar-refractivity contribution in [2.24, 2.45) is 0 Å². The van der Waals surface area contributed by atoms with E-state index in [4.69, 9.17) is 9.47 Å². The zero-order chi connectivity index (χ0) is 15.9. The van der Waals surface area contributed by atoms with E-state index in [1.165, 1.54) is 14.2 Å². The van der Waals surface area contributed by atoms with Crippen molar-refractivity contribution in [1.29, 1.82) is 0 Å². The Labute approximate surface area is 129 Å². The van der Waals surface area contributed by atoms with Crippen LogP contribution in [0.5, 0.6) is 0 Å². The van der Waals surface area contributed by atoms with Gasteiger partial charge in [0.05, 0.1) is 0 Å². The summed E-state index contributed by atoms with van der Waals surface area (Å²) in [4.78, 5) is 12.7. The molecule has 0 spiro atoms. The lowest BCUT2D eigenvalue weighted by Gasteiger charge is -2.33. The fraction of sp³-hybridized carbons (Fsp3) is 0.235. The van der Waals surface area contributed by atoms with Crippen LogP contribution in [0.25, 0.3) is 0 Å². The molecule has 0 aliphatic rings. The summed E-state index contributed by atoms with van der Waals surface area (Å²) in [5.74, 6) is 0. The van der Waals surface area contributed by atoms with Gasteiger partial charge in [0.15, 0.2) is 12.5 Å². The van der Waals surface area contributed by atoms with Crippen molar-refractivity contribution >= 4 is 6.09 Å². The van der Waals surface area contributed by atoms with Crippen LogP contribution < -0.4 is 0 Å². The fourth-order valence-electron chi connectivity index (χ4n) is 2.37. The predicted molar refractivity (Wildman–Crippen MR) is 80.3 cm³/mol. The first-order chi connectivity index (χ1) is 10.7. The molecule has 2 rings (SSSR count). The van der Waals surface area contributed by atoms with Crippen molar-refractivity contribution in [1.82, 2.24) is 4.90 Å². The molecule has 1 amide bonds. The standard InChI is InChI=1S/C17H18NO4/c1-21-15(13-9-5-3-6-10-13)18(17(19)20)16(22-2)14-11-7-4-8-12-14/h3-12,15-16H,1-2H3. The highest BCUT2D eigenvalue weighted by Crippen LogP contribution is 2.31. The molecule has 115 valence electrons. The highest BCUT2D eigenvalue weighted by atomic mass is 16.5. The van der Waals surface area contributed by atoms with E-state index in [-0.39, 0.29) is 0 Å². The lowest BCUT2D eigenvalue weighted by Crippen LogP contribution is -2.38. The largest absolute Gasteiger partial charge is 0.457 e. The zero-order valence-corrected chi connectivity index (χ0v) is 12.5. The van der Waals surface area contributed by atoms with Gasteiger partial charge >= 0.3 is 6.09 Å². The summed E-state index contributed by atoms with van der Waals surface area (Å²) < 4.78 is 10.8. The minimum atomic E-state index is -1.37. The monoisotopic (exact) mass is 300 g/mol. The van der Waals surface area contributed by atoms with Crippen LogP contribution in [-0.2, 0) is 14.6 Å². The summed E-state index contributed by atoms with van der Waals surface area (Å²) in [6, 6.07) is 18.2. The summed E-state index contributed by atoms with van der Waals surface area (Å²) >= 11 is 0. The molecule has 0 aliphatic carbocycles. The van der Waals surface area contributed by atoms with Crippen LogP contribution in [0.3, 0.4) is 0 Å². The van der Waals surface area contributed by atoms with Gasteiger partial charge in [-0.1, -0.05) is 60.7 Å². The highest BCUT2D eigenvalue weighted by molar-refractivity contribution is 5.65. The van der Waals surface area contributed by atoms with Crippen LogP contribution in [0.2, 0.25) is 0 Å². The summed E-state index contributed by atoms with van der Waals surface area (Å²) in [6.07, 6.45) is -3.01. The van der Waals surface area contributed by atoms with Crippen molar-refractivity contribution in [3.05, 3.63) is 71.8 Å². The van der Waals surface area contributed by atoms with E-state index in [0.717, 1.165) is 4.90 Å². The van der Waals surface area contributed by atoms with Crippen LogP contribution >= 0.6 is 0 Å². The van der Waals surface area contributed by atoms with Crippen LogP contribution in [-0.4, -0.2) is 25.2 Å². The van der Waals surface area contributed by atoms with Crippen LogP contribution in [0.4, 0.5) is 4.79 Å². The molecule has 0 saturated heterocycles. The van der Waals surface area contributed by atoms with E-state index >= 15 is 0 Å². The van der Waals surface area contributed by atoms with Crippen LogP contribution in [0, 0.1) is 0 Å². The van der Waals surface area contributed by atoms with Crippen molar-refractivity contribution in [2.45, 2.75) is 12.5 Å². The Morgan fingerprint density at radius 1 is 0.818 bits per heavy atom. The normalized spacial score (nSPS) is 13.4. The molecule has 0 saturated carbocycles. The molecule has 0 aliphatic heterocycles. The minimum absolute atomic E-state index is 0.701. The smallest absolute Gasteiger partial charge is 0.357 e. The number of benzene rings is 2. The first-order valence-corrected chi connectivity index (χ1v) is 6.83. The zero-order valence-electron chi connectivity index (χ0n) is 12.5. The molecule has 0 N–H and O–H groups in total. The Morgan fingerprint density at radius 3 is 1.45 bits per heavy atom. The second-order valence-electron chi connectivity index (χ2n) is 4.67. The first kappa shape index (κ1) is 16.0. The maximum atomic E-state index is 11.7. The number of hydrogen-bond acceptors (Lipinski definition) is 3. The number of ether oxygens (including phenoxy) is 2. The van der Waals surface area contributed by atoms with Crippen molar-refractivity contribution in [2.75, 3.05) is 14.2 Å². The molecule has 22 heavy (non-hydrogen) atoms. The third-order valence-electron chi connectivity index (χ3n) is 3.33. The summed E-state index contributed by atoms with van der Waals surface area (Å²) in [5.41, 5.74) is 1.40. The molecule has 2 atom stereocenters. The number of rotatable bonds is 6. The molecule has 2 unspecified atom stereocenters. The van der Waals surface area contributed by atoms with Gasteiger partial charge < -0.3 is 9.47 Å². The van der Waals surface area contributed by atoms with E-state index in [1.54, 1.807) is 24.3 Å². The average Bonchev–Trinajstić information content (AvgIpc) is 2.56. The van der Waals surface area contributed by atoms with E-state index in [9.17, 15) is 9.90 Å². The summed E-state index contributed by atoms with van der Waals surface area (Å²) in [5, 5.41) is 11.7. The third-order valence-corrected chi connectivity index (χ3v) is 3.33. The number of carbonyl (C=O) groups is 1. The lowest BCUT2D eigenvalue weighted by atomic mass is 10.1. The number of methoxy groups -OCH3 is 2. The first-order valence-electron chi connectivity index (χ1n) is 6.83. The quantitative estimate of drug-likeness (QED) is 0.767. The summed E-state index contributed by atoms with van der Waals surface area (Å²) in [6.45, 7) is 0. The average molecular weight is 300 g/mol.